The zero-order chi connectivity index (χ0) is 14.3. The van der Waals surface area contributed by atoms with Crippen molar-refractivity contribution in [3.05, 3.63) is 35.4 Å². The van der Waals surface area contributed by atoms with Crippen LogP contribution in [0, 0.1) is 0 Å². The average molecular weight is 275 g/mol. The van der Waals surface area contributed by atoms with E-state index in [1.807, 2.05) is 0 Å². The summed E-state index contributed by atoms with van der Waals surface area (Å²) in [6, 6.07) is 5.06. The second kappa shape index (κ2) is 4.47. The van der Waals surface area contributed by atoms with Crippen molar-refractivity contribution >= 4 is 0 Å². The quantitative estimate of drug-likeness (QED) is 0.765. The van der Waals surface area contributed by atoms with Crippen LogP contribution in [-0.2, 0) is 11.7 Å². The van der Waals surface area contributed by atoms with Crippen molar-refractivity contribution in [3.63, 3.8) is 0 Å². The lowest BCUT2D eigenvalue weighted by Gasteiger charge is -2.39. The highest BCUT2D eigenvalue weighted by molar-refractivity contribution is 5.31. The summed E-state index contributed by atoms with van der Waals surface area (Å²) in [7, 11) is 0. The molecule has 106 valence electrons. The smallest absolute Gasteiger partial charge is 0.321 e. The van der Waals surface area contributed by atoms with Crippen molar-refractivity contribution in [2.45, 2.75) is 50.0 Å². The van der Waals surface area contributed by atoms with Crippen LogP contribution in [0.1, 0.15) is 43.7 Å². The van der Waals surface area contributed by atoms with Gasteiger partial charge in [-0.05, 0) is 50.3 Å². The molecule has 2 N–H and O–H groups in total. The number of alkyl halides is 4. The summed E-state index contributed by atoms with van der Waals surface area (Å²) in [5.74, 6) is 0. The second-order valence-electron chi connectivity index (χ2n) is 5.65. The van der Waals surface area contributed by atoms with Gasteiger partial charge in [-0.25, -0.2) is 4.39 Å². The molecule has 0 unspecified atom stereocenters. The molecule has 1 nitrogen and oxygen atoms in total. The minimum absolute atomic E-state index is 0.278. The van der Waals surface area contributed by atoms with Gasteiger partial charge in [0.1, 0.15) is 5.67 Å². The van der Waals surface area contributed by atoms with Crippen LogP contribution in [0.5, 0.6) is 0 Å². The number of hydrogen-bond donors (Lipinski definition) is 1. The summed E-state index contributed by atoms with van der Waals surface area (Å²) >= 11 is 0. The van der Waals surface area contributed by atoms with Crippen molar-refractivity contribution in [2.24, 2.45) is 5.73 Å². The monoisotopic (exact) mass is 275 g/mol. The molecule has 0 heterocycles. The minimum atomic E-state index is -4.38. The Hall–Kier alpha value is -1.10. The van der Waals surface area contributed by atoms with E-state index < -0.39 is 22.9 Å². The summed E-state index contributed by atoms with van der Waals surface area (Å²) in [6.45, 7) is 1.51. The maximum Gasteiger partial charge on any atom is 0.416 e. The average Bonchev–Trinajstić information content (AvgIpc) is 2.33. The summed E-state index contributed by atoms with van der Waals surface area (Å²) in [5, 5.41) is 0. The molecule has 0 aromatic heterocycles. The molecule has 19 heavy (non-hydrogen) atoms. The Labute approximate surface area is 109 Å². The Kier molecular flexibility index (Phi) is 3.37. The van der Waals surface area contributed by atoms with Gasteiger partial charge in [0.25, 0.3) is 0 Å². The maximum atomic E-state index is 13.8. The summed E-state index contributed by atoms with van der Waals surface area (Å²) in [4.78, 5) is 0. The Balaban J connectivity index is 2.27. The fourth-order valence-electron chi connectivity index (χ4n) is 2.51. The number of nitrogens with two attached hydrogens (primary N) is 1. The molecule has 1 aromatic carbocycles. The van der Waals surface area contributed by atoms with Crippen LogP contribution in [0.25, 0.3) is 0 Å². The number of benzene rings is 1. The predicted octanol–water partition coefficient (Wildman–Crippen LogP) is 4.16. The Bertz CT molecular complexity index is 455. The molecule has 0 spiro atoms. The third kappa shape index (κ3) is 3.08. The van der Waals surface area contributed by atoms with E-state index in [2.05, 4.69) is 0 Å². The van der Waals surface area contributed by atoms with Crippen molar-refractivity contribution < 1.29 is 17.6 Å². The topological polar surface area (TPSA) is 26.0 Å². The molecule has 1 aliphatic rings. The van der Waals surface area contributed by atoms with Gasteiger partial charge in [-0.15, -0.1) is 0 Å². The molecule has 1 aromatic rings. The fraction of sp³-hybridized carbons (Fsp3) is 0.571. The Morgan fingerprint density at radius 2 is 1.68 bits per heavy atom. The zero-order valence-corrected chi connectivity index (χ0v) is 10.7. The molecule has 1 fully saturated rings. The molecule has 2 rings (SSSR count). The van der Waals surface area contributed by atoms with Crippen LogP contribution in [0.2, 0.25) is 0 Å². The molecule has 0 amide bonds. The molecule has 0 saturated heterocycles. The first-order chi connectivity index (χ1) is 8.62. The largest absolute Gasteiger partial charge is 0.416 e. The van der Waals surface area contributed by atoms with Crippen LogP contribution >= 0.6 is 0 Å². The van der Waals surface area contributed by atoms with Crippen LogP contribution in [0.4, 0.5) is 17.6 Å². The van der Waals surface area contributed by atoms with Gasteiger partial charge in [-0.3, -0.25) is 0 Å². The van der Waals surface area contributed by atoms with E-state index in [1.165, 1.54) is 13.0 Å². The van der Waals surface area contributed by atoms with Gasteiger partial charge in [0.05, 0.1) is 5.56 Å². The molecule has 1 saturated carbocycles. The van der Waals surface area contributed by atoms with E-state index in [4.69, 9.17) is 5.73 Å². The van der Waals surface area contributed by atoms with E-state index in [0.29, 0.717) is 18.4 Å². The van der Waals surface area contributed by atoms with Gasteiger partial charge in [0, 0.05) is 5.54 Å². The summed E-state index contributed by atoms with van der Waals surface area (Å²) < 4.78 is 51.8. The van der Waals surface area contributed by atoms with Gasteiger partial charge >= 0.3 is 6.18 Å². The van der Waals surface area contributed by atoms with E-state index in [9.17, 15) is 17.6 Å². The standard InChI is InChI=1S/C14H17F4N/c1-12(15)5-7-13(19,8-6-12)10-3-2-4-11(9-10)14(16,17)18/h2-4,9H,5-8,19H2,1H3. The van der Waals surface area contributed by atoms with E-state index in [0.717, 1.165) is 12.1 Å². The van der Waals surface area contributed by atoms with Crippen molar-refractivity contribution in [1.29, 1.82) is 0 Å². The lowest BCUT2D eigenvalue weighted by molar-refractivity contribution is -0.137. The molecular formula is C14H17F4N. The highest BCUT2D eigenvalue weighted by Crippen LogP contribution is 2.42. The number of halogens is 4. The number of rotatable bonds is 1. The van der Waals surface area contributed by atoms with Crippen LogP contribution in [0.3, 0.4) is 0 Å². The first-order valence-corrected chi connectivity index (χ1v) is 6.28. The normalized spacial score (nSPS) is 32.3. The number of hydrogen-bond acceptors (Lipinski definition) is 1. The molecule has 0 atom stereocenters. The third-order valence-electron chi connectivity index (χ3n) is 3.95. The van der Waals surface area contributed by atoms with E-state index in [1.54, 1.807) is 6.07 Å². The fourth-order valence-corrected chi connectivity index (χ4v) is 2.51. The molecule has 0 radical (unpaired) electrons. The predicted molar refractivity (Wildman–Crippen MR) is 65.3 cm³/mol. The minimum Gasteiger partial charge on any atom is -0.321 e. The molecule has 0 aliphatic heterocycles. The van der Waals surface area contributed by atoms with Gasteiger partial charge in [-0.2, -0.15) is 13.2 Å². The maximum absolute atomic E-state index is 13.8. The van der Waals surface area contributed by atoms with Crippen LogP contribution < -0.4 is 5.73 Å². The van der Waals surface area contributed by atoms with Gasteiger partial charge in [0.2, 0.25) is 0 Å². The van der Waals surface area contributed by atoms with Crippen molar-refractivity contribution in [1.82, 2.24) is 0 Å². The van der Waals surface area contributed by atoms with Crippen molar-refractivity contribution in [3.8, 4) is 0 Å². The molecule has 5 heteroatoms. The van der Waals surface area contributed by atoms with Crippen LogP contribution in [-0.4, -0.2) is 5.67 Å². The lowest BCUT2D eigenvalue weighted by Crippen LogP contribution is -2.44. The van der Waals surface area contributed by atoms with Crippen molar-refractivity contribution in [2.75, 3.05) is 0 Å². The van der Waals surface area contributed by atoms with Crippen LogP contribution in [0.15, 0.2) is 24.3 Å². The Morgan fingerprint density at radius 1 is 1.11 bits per heavy atom. The lowest BCUT2D eigenvalue weighted by atomic mass is 9.72. The molecule has 0 bridgehead atoms. The first kappa shape index (κ1) is 14.3. The first-order valence-electron chi connectivity index (χ1n) is 6.28. The highest BCUT2D eigenvalue weighted by Gasteiger charge is 2.40. The van der Waals surface area contributed by atoms with E-state index in [-0.39, 0.29) is 12.8 Å². The Morgan fingerprint density at radius 3 is 2.21 bits per heavy atom. The SMILES string of the molecule is CC1(F)CCC(N)(c2cccc(C(F)(F)F)c2)CC1. The van der Waals surface area contributed by atoms with Gasteiger partial charge in [-0.1, -0.05) is 12.1 Å². The molecular weight excluding hydrogens is 258 g/mol. The second-order valence-corrected chi connectivity index (χ2v) is 5.65. The zero-order valence-electron chi connectivity index (χ0n) is 10.7. The van der Waals surface area contributed by atoms with E-state index >= 15 is 0 Å². The highest BCUT2D eigenvalue weighted by atomic mass is 19.4. The summed E-state index contributed by atoms with van der Waals surface area (Å²) in [5.41, 5.74) is 3.80. The van der Waals surface area contributed by atoms with Gasteiger partial charge < -0.3 is 5.73 Å². The summed E-state index contributed by atoms with van der Waals surface area (Å²) in [6.07, 6.45) is -3.10. The van der Waals surface area contributed by atoms with Gasteiger partial charge in [0.15, 0.2) is 0 Å². The molecule has 1 aliphatic carbocycles. The third-order valence-corrected chi connectivity index (χ3v) is 3.95.